The van der Waals surface area contributed by atoms with Crippen molar-refractivity contribution in [1.82, 2.24) is 0 Å². The van der Waals surface area contributed by atoms with Gasteiger partial charge in [0.05, 0.1) is 26.2 Å². The molecule has 13 heavy (non-hydrogen) atoms. The van der Waals surface area contributed by atoms with E-state index in [9.17, 15) is 0 Å². The van der Waals surface area contributed by atoms with Crippen molar-refractivity contribution in [2.75, 3.05) is 26.2 Å². The van der Waals surface area contributed by atoms with Gasteiger partial charge in [0.1, 0.15) is 0 Å². The summed E-state index contributed by atoms with van der Waals surface area (Å²) in [5.74, 6) is 0. The van der Waals surface area contributed by atoms with Crippen molar-refractivity contribution in [2.45, 2.75) is 26.2 Å². The van der Waals surface area contributed by atoms with E-state index in [1.807, 2.05) is 0 Å². The average Bonchev–Trinajstić information content (AvgIpc) is 2.04. The molecular formula is C12H22N+. The number of likely N-dealkylation sites (tertiary alicyclic amines) is 1. The molecule has 0 aromatic carbocycles. The molecule has 0 saturated carbocycles. The lowest BCUT2D eigenvalue weighted by Gasteiger charge is -2.41. The standard InChI is InChI=1S/C12H22N/c1-4-8-13(11-12(2)3)9-6-5-7-10-13/h4H,1-2,5-11H2,3H3/q+1. The van der Waals surface area contributed by atoms with E-state index in [1.165, 1.54) is 42.4 Å². The van der Waals surface area contributed by atoms with Gasteiger partial charge in [-0.15, -0.1) is 0 Å². The third kappa shape index (κ3) is 3.00. The van der Waals surface area contributed by atoms with Crippen LogP contribution in [-0.2, 0) is 0 Å². The van der Waals surface area contributed by atoms with Crippen molar-refractivity contribution in [3.05, 3.63) is 24.8 Å². The second-order valence-corrected chi connectivity index (χ2v) is 4.44. The molecule has 1 heteroatoms. The second kappa shape index (κ2) is 4.61. The van der Waals surface area contributed by atoms with Gasteiger partial charge in [0.2, 0.25) is 0 Å². The first-order valence-corrected chi connectivity index (χ1v) is 5.29. The molecule has 1 rings (SSSR count). The SMILES string of the molecule is C=CC[N+]1(CC(=C)C)CCCCC1. The summed E-state index contributed by atoms with van der Waals surface area (Å²) in [5.41, 5.74) is 1.31. The van der Waals surface area contributed by atoms with E-state index in [-0.39, 0.29) is 0 Å². The summed E-state index contributed by atoms with van der Waals surface area (Å²) in [6.45, 7) is 14.9. The highest BCUT2D eigenvalue weighted by molar-refractivity contribution is 4.89. The van der Waals surface area contributed by atoms with Gasteiger partial charge in [0, 0.05) is 0 Å². The highest BCUT2D eigenvalue weighted by Gasteiger charge is 2.27. The summed E-state index contributed by atoms with van der Waals surface area (Å²) in [4.78, 5) is 0. The van der Waals surface area contributed by atoms with Crippen molar-refractivity contribution >= 4 is 0 Å². The van der Waals surface area contributed by atoms with E-state index >= 15 is 0 Å². The third-order valence-corrected chi connectivity index (χ3v) is 2.89. The van der Waals surface area contributed by atoms with E-state index in [0.717, 1.165) is 13.1 Å². The molecule has 1 aliphatic rings. The van der Waals surface area contributed by atoms with Crippen molar-refractivity contribution < 1.29 is 4.48 Å². The molecule has 0 aromatic heterocycles. The number of quaternary nitrogens is 1. The van der Waals surface area contributed by atoms with Crippen LogP contribution < -0.4 is 0 Å². The maximum Gasteiger partial charge on any atom is 0.1000 e. The highest BCUT2D eigenvalue weighted by atomic mass is 15.3. The number of hydrogen-bond acceptors (Lipinski definition) is 0. The van der Waals surface area contributed by atoms with E-state index < -0.39 is 0 Å². The van der Waals surface area contributed by atoms with Crippen molar-refractivity contribution in [1.29, 1.82) is 0 Å². The first-order chi connectivity index (χ1) is 6.18. The fraction of sp³-hybridized carbons (Fsp3) is 0.667. The molecule has 0 unspecified atom stereocenters. The molecule has 0 N–H and O–H groups in total. The van der Waals surface area contributed by atoms with E-state index in [1.54, 1.807) is 0 Å². The first kappa shape index (κ1) is 10.5. The summed E-state index contributed by atoms with van der Waals surface area (Å²) in [5, 5.41) is 0. The average molecular weight is 180 g/mol. The molecule has 1 heterocycles. The monoisotopic (exact) mass is 180 g/mol. The van der Waals surface area contributed by atoms with Crippen LogP contribution in [0.15, 0.2) is 24.8 Å². The molecule has 0 aliphatic carbocycles. The molecule has 1 saturated heterocycles. The summed E-state index contributed by atoms with van der Waals surface area (Å²) >= 11 is 0. The molecule has 0 atom stereocenters. The van der Waals surface area contributed by atoms with Crippen LogP contribution in [0.3, 0.4) is 0 Å². The van der Waals surface area contributed by atoms with Gasteiger partial charge in [-0.2, -0.15) is 0 Å². The Morgan fingerprint density at radius 3 is 2.38 bits per heavy atom. The smallest absolute Gasteiger partial charge is 0.1000 e. The molecule has 74 valence electrons. The Morgan fingerprint density at radius 1 is 1.31 bits per heavy atom. The van der Waals surface area contributed by atoms with Crippen LogP contribution >= 0.6 is 0 Å². The first-order valence-electron chi connectivity index (χ1n) is 5.29. The van der Waals surface area contributed by atoms with E-state index in [0.29, 0.717) is 0 Å². The molecule has 0 spiro atoms. The Bertz CT molecular complexity index is 187. The van der Waals surface area contributed by atoms with Crippen molar-refractivity contribution in [3.8, 4) is 0 Å². The highest BCUT2D eigenvalue weighted by Crippen LogP contribution is 2.20. The van der Waals surface area contributed by atoms with Gasteiger partial charge < -0.3 is 4.48 Å². The van der Waals surface area contributed by atoms with Crippen molar-refractivity contribution in [3.63, 3.8) is 0 Å². The number of nitrogens with zero attached hydrogens (tertiary/aromatic N) is 1. The maximum atomic E-state index is 4.03. The van der Waals surface area contributed by atoms with Crippen LogP contribution in [-0.4, -0.2) is 30.7 Å². The minimum absolute atomic E-state index is 1.12. The molecule has 0 bridgehead atoms. The maximum absolute atomic E-state index is 4.03. The molecule has 0 aromatic rings. The quantitative estimate of drug-likeness (QED) is 0.461. The number of hydrogen-bond donors (Lipinski definition) is 0. The van der Waals surface area contributed by atoms with E-state index in [2.05, 4.69) is 26.2 Å². The lowest BCUT2D eigenvalue weighted by molar-refractivity contribution is -0.922. The molecule has 1 aliphatic heterocycles. The lowest BCUT2D eigenvalue weighted by atomic mass is 10.1. The van der Waals surface area contributed by atoms with Crippen molar-refractivity contribution in [2.24, 2.45) is 0 Å². The Morgan fingerprint density at radius 2 is 1.92 bits per heavy atom. The fourth-order valence-electron chi connectivity index (χ4n) is 2.43. The Balaban J connectivity index is 2.60. The Hall–Kier alpha value is -0.560. The zero-order chi connectivity index (χ0) is 9.73. The summed E-state index contributed by atoms with van der Waals surface area (Å²) in [7, 11) is 0. The molecule has 0 amide bonds. The summed E-state index contributed by atoms with van der Waals surface area (Å²) in [6, 6.07) is 0. The largest absolute Gasteiger partial charge is 0.317 e. The van der Waals surface area contributed by atoms with Crippen LogP contribution in [0.25, 0.3) is 0 Å². The van der Waals surface area contributed by atoms with Crippen LogP contribution in [0.5, 0.6) is 0 Å². The minimum Gasteiger partial charge on any atom is -0.317 e. The predicted molar refractivity (Wildman–Crippen MR) is 58.6 cm³/mol. The van der Waals surface area contributed by atoms with Crippen LogP contribution in [0.2, 0.25) is 0 Å². The third-order valence-electron chi connectivity index (χ3n) is 2.89. The summed E-state index contributed by atoms with van der Waals surface area (Å²) in [6.07, 6.45) is 6.23. The van der Waals surface area contributed by atoms with Gasteiger partial charge in [-0.25, -0.2) is 0 Å². The minimum atomic E-state index is 1.12. The molecular weight excluding hydrogens is 158 g/mol. The molecule has 1 nitrogen and oxygen atoms in total. The van der Waals surface area contributed by atoms with Crippen LogP contribution in [0.1, 0.15) is 26.2 Å². The molecule has 1 fully saturated rings. The fourth-order valence-corrected chi connectivity index (χ4v) is 2.43. The Labute approximate surface area is 82.3 Å². The normalized spacial score (nSPS) is 21.0. The van der Waals surface area contributed by atoms with Gasteiger partial charge in [-0.05, 0) is 37.8 Å². The van der Waals surface area contributed by atoms with Gasteiger partial charge in [0.25, 0.3) is 0 Å². The number of rotatable bonds is 4. The Kier molecular flexibility index (Phi) is 3.73. The zero-order valence-corrected chi connectivity index (χ0v) is 8.89. The van der Waals surface area contributed by atoms with Crippen LogP contribution in [0, 0.1) is 0 Å². The topological polar surface area (TPSA) is 0 Å². The van der Waals surface area contributed by atoms with Gasteiger partial charge >= 0.3 is 0 Å². The van der Waals surface area contributed by atoms with Gasteiger partial charge in [0.15, 0.2) is 0 Å². The van der Waals surface area contributed by atoms with Gasteiger partial charge in [-0.3, -0.25) is 0 Å². The van der Waals surface area contributed by atoms with Crippen LogP contribution in [0.4, 0.5) is 0 Å². The molecule has 0 radical (unpaired) electrons. The lowest BCUT2D eigenvalue weighted by Crippen LogP contribution is -2.52. The second-order valence-electron chi connectivity index (χ2n) is 4.44. The predicted octanol–water partition coefficient (Wildman–Crippen LogP) is 2.75. The zero-order valence-electron chi connectivity index (χ0n) is 8.89. The van der Waals surface area contributed by atoms with E-state index in [4.69, 9.17) is 0 Å². The summed E-state index contributed by atoms with van der Waals surface area (Å²) < 4.78 is 1.21. The number of piperidine rings is 1. The van der Waals surface area contributed by atoms with Gasteiger partial charge in [-0.1, -0.05) is 13.2 Å².